The van der Waals surface area contributed by atoms with Crippen molar-refractivity contribution in [2.45, 2.75) is 19.0 Å². The summed E-state index contributed by atoms with van der Waals surface area (Å²) in [6, 6.07) is 6.38. The van der Waals surface area contributed by atoms with Gasteiger partial charge in [-0.2, -0.15) is 0 Å². The Morgan fingerprint density at radius 3 is 2.68 bits per heavy atom. The van der Waals surface area contributed by atoms with E-state index >= 15 is 0 Å². The maximum absolute atomic E-state index is 11.5. The average Bonchev–Trinajstić information content (AvgIpc) is 2.35. The number of carbonyl (C=O) groups is 2. The molecule has 5 N–H and O–H groups in total. The zero-order valence-electron chi connectivity index (χ0n) is 10.6. The highest BCUT2D eigenvalue weighted by molar-refractivity contribution is 5.87. The molecule has 0 fully saturated rings. The molecule has 106 valence electrons. The van der Waals surface area contributed by atoms with Crippen LogP contribution in [-0.4, -0.2) is 25.0 Å². The van der Waals surface area contributed by atoms with Gasteiger partial charge in [0.15, 0.2) is 0 Å². The van der Waals surface area contributed by atoms with Crippen LogP contribution in [0.25, 0.3) is 0 Å². The summed E-state index contributed by atoms with van der Waals surface area (Å²) in [7, 11) is 1.57. The van der Waals surface area contributed by atoms with Crippen molar-refractivity contribution in [1.29, 1.82) is 0 Å². The van der Waals surface area contributed by atoms with Crippen LogP contribution < -0.4 is 21.5 Å². The van der Waals surface area contributed by atoms with Crippen LogP contribution in [0.2, 0.25) is 0 Å². The van der Waals surface area contributed by atoms with E-state index in [0.29, 0.717) is 12.3 Å². The lowest BCUT2D eigenvalue weighted by atomic mass is 10.2. The molecule has 0 heterocycles. The number of benzene rings is 1. The molecule has 0 saturated carbocycles. The zero-order chi connectivity index (χ0) is 13.5. The highest BCUT2D eigenvalue weighted by atomic mass is 35.5. The first-order chi connectivity index (χ1) is 8.52. The lowest BCUT2D eigenvalue weighted by Gasteiger charge is -2.11. The second-order valence-corrected chi connectivity index (χ2v) is 3.85. The normalized spacial score (nSPS) is 11.1. The number of nitrogens with two attached hydrogens (primary N) is 2. The molecule has 0 aromatic heterocycles. The highest BCUT2D eigenvalue weighted by Gasteiger charge is 2.15. The molecule has 0 saturated heterocycles. The number of ether oxygens (including phenoxy) is 1. The number of nitrogens with one attached hydrogen (secondary N) is 1. The first kappa shape index (κ1) is 17.2. The monoisotopic (exact) mass is 287 g/mol. The van der Waals surface area contributed by atoms with Crippen molar-refractivity contribution in [3.05, 3.63) is 29.8 Å². The average molecular weight is 288 g/mol. The zero-order valence-corrected chi connectivity index (χ0v) is 11.4. The predicted molar refractivity (Wildman–Crippen MR) is 73.9 cm³/mol. The van der Waals surface area contributed by atoms with Gasteiger partial charge in [-0.05, 0) is 17.7 Å². The van der Waals surface area contributed by atoms with Gasteiger partial charge in [-0.15, -0.1) is 12.4 Å². The van der Waals surface area contributed by atoms with Gasteiger partial charge < -0.3 is 21.5 Å². The van der Waals surface area contributed by atoms with Gasteiger partial charge in [0.2, 0.25) is 11.8 Å². The van der Waals surface area contributed by atoms with E-state index in [9.17, 15) is 9.59 Å². The molecule has 6 nitrogen and oxygen atoms in total. The lowest BCUT2D eigenvalue weighted by Crippen LogP contribution is -2.42. The van der Waals surface area contributed by atoms with E-state index in [1.807, 2.05) is 18.2 Å². The minimum Gasteiger partial charge on any atom is -0.497 e. The Morgan fingerprint density at radius 2 is 2.11 bits per heavy atom. The molecule has 1 rings (SSSR count). The van der Waals surface area contributed by atoms with Gasteiger partial charge >= 0.3 is 0 Å². The summed E-state index contributed by atoms with van der Waals surface area (Å²) in [5.74, 6) is -0.293. The van der Waals surface area contributed by atoms with E-state index in [1.165, 1.54) is 0 Å². The van der Waals surface area contributed by atoms with Gasteiger partial charge in [-0.1, -0.05) is 12.1 Å². The van der Waals surface area contributed by atoms with Crippen LogP contribution in [0.3, 0.4) is 0 Å². The topological polar surface area (TPSA) is 107 Å². The summed E-state index contributed by atoms with van der Waals surface area (Å²) in [5, 5.41) is 2.63. The van der Waals surface area contributed by atoms with Crippen molar-refractivity contribution in [1.82, 2.24) is 5.32 Å². The maximum atomic E-state index is 11.5. The number of amides is 2. The fraction of sp³-hybridized carbons (Fsp3) is 0.333. The molecule has 7 heteroatoms. The van der Waals surface area contributed by atoms with Crippen molar-refractivity contribution < 1.29 is 14.3 Å². The fourth-order valence-electron chi connectivity index (χ4n) is 1.41. The first-order valence-electron chi connectivity index (χ1n) is 5.47. The van der Waals surface area contributed by atoms with Crippen molar-refractivity contribution in [3.8, 4) is 5.75 Å². The number of hydrogen-bond acceptors (Lipinski definition) is 4. The van der Waals surface area contributed by atoms with Gasteiger partial charge in [-0.3, -0.25) is 9.59 Å². The smallest absolute Gasteiger partial charge is 0.237 e. The van der Waals surface area contributed by atoms with Crippen LogP contribution in [0.15, 0.2) is 24.3 Å². The molecule has 1 atom stereocenters. The Kier molecular flexibility index (Phi) is 7.55. The summed E-state index contributed by atoms with van der Waals surface area (Å²) in [4.78, 5) is 22.1. The van der Waals surface area contributed by atoms with Crippen LogP contribution in [0, 0.1) is 0 Å². The van der Waals surface area contributed by atoms with Crippen LogP contribution in [0.1, 0.15) is 12.0 Å². The van der Waals surface area contributed by atoms with Crippen LogP contribution in [0.4, 0.5) is 0 Å². The van der Waals surface area contributed by atoms with E-state index in [2.05, 4.69) is 5.32 Å². The number of hydrogen-bond donors (Lipinski definition) is 3. The number of methoxy groups -OCH3 is 1. The quantitative estimate of drug-likeness (QED) is 0.681. The number of halogens is 1. The molecular formula is C12H18ClN3O3. The van der Waals surface area contributed by atoms with E-state index in [0.717, 1.165) is 5.56 Å². The summed E-state index contributed by atoms with van der Waals surface area (Å²) in [6.45, 7) is 0.322. The van der Waals surface area contributed by atoms with E-state index < -0.39 is 17.9 Å². The summed E-state index contributed by atoms with van der Waals surface area (Å²) < 4.78 is 5.06. The number of rotatable bonds is 6. The van der Waals surface area contributed by atoms with Gasteiger partial charge in [0.1, 0.15) is 5.75 Å². The summed E-state index contributed by atoms with van der Waals surface area (Å²) in [5.41, 5.74) is 11.3. The molecule has 0 bridgehead atoms. The van der Waals surface area contributed by atoms with Gasteiger partial charge in [-0.25, -0.2) is 0 Å². The van der Waals surface area contributed by atoms with Crippen molar-refractivity contribution in [3.63, 3.8) is 0 Å². The third-order valence-corrected chi connectivity index (χ3v) is 2.36. The molecule has 0 aliphatic carbocycles. The van der Waals surface area contributed by atoms with E-state index in [1.54, 1.807) is 13.2 Å². The first-order valence-corrected chi connectivity index (χ1v) is 5.47. The minimum atomic E-state index is -0.909. The number of carbonyl (C=O) groups excluding carboxylic acids is 2. The van der Waals surface area contributed by atoms with Crippen LogP contribution >= 0.6 is 12.4 Å². The fourth-order valence-corrected chi connectivity index (χ4v) is 1.41. The third kappa shape index (κ3) is 6.08. The molecule has 1 aromatic rings. The molecule has 0 spiro atoms. The third-order valence-electron chi connectivity index (χ3n) is 2.36. The van der Waals surface area contributed by atoms with Gasteiger partial charge in [0, 0.05) is 6.54 Å². The Labute approximate surface area is 117 Å². The molecule has 0 radical (unpaired) electrons. The Bertz CT molecular complexity index is 440. The van der Waals surface area contributed by atoms with E-state index in [-0.39, 0.29) is 18.8 Å². The molecule has 2 amide bonds. The second kappa shape index (κ2) is 8.34. The van der Waals surface area contributed by atoms with Crippen molar-refractivity contribution >= 4 is 24.2 Å². The molecular weight excluding hydrogens is 270 g/mol. The van der Waals surface area contributed by atoms with E-state index in [4.69, 9.17) is 16.2 Å². The largest absolute Gasteiger partial charge is 0.497 e. The molecule has 0 aliphatic rings. The summed E-state index contributed by atoms with van der Waals surface area (Å²) in [6.07, 6.45) is -0.163. The standard InChI is InChI=1S/C12H17N3O3.ClH/c1-18-9-4-2-3-8(5-9)7-15-12(17)10(13)6-11(14)16;/h2-5,10H,6-7,13H2,1H3,(H2,14,16)(H,15,17);1H. The highest BCUT2D eigenvalue weighted by Crippen LogP contribution is 2.12. The maximum Gasteiger partial charge on any atom is 0.237 e. The van der Waals surface area contributed by atoms with Gasteiger partial charge in [0.25, 0.3) is 0 Å². The Hall–Kier alpha value is -1.79. The SMILES string of the molecule is COc1cccc(CNC(=O)C(N)CC(N)=O)c1.Cl. The predicted octanol–water partition coefficient (Wildman–Crippen LogP) is -0.0641. The Morgan fingerprint density at radius 1 is 1.42 bits per heavy atom. The Balaban J connectivity index is 0.00000324. The second-order valence-electron chi connectivity index (χ2n) is 3.85. The molecule has 1 unspecified atom stereocenters. The van der Waals surface area contributed by atoms with Crippen LogP contribution in [-0.2, 0) is 16.1 Å². The minimum absolute atomic E-state index is 0. The van der Waals surface area contributed by atoms with Crippen LogP contribution in [0.5, 0.6) is 5.75 Å². The van der Waals surface area contributed by atoms with Crippen molar-refractivity contribution in [2.24, 2.45) is 11.5 Å². The number of primary amides is 1. The summed E-state index contributed by atoms with van der Waals surface area (Å²) >= 11 is 0. The molecule has 0 aliphatic heterocycles. The lowest BCUT2D eigenvalue weighted by molar-refractivity contribution is -0.126. The molecule has 1 aromatic carbocycles. The van der Waals surface area contributed by atoms with Crippen molar-refractivity contribution in [2.75, 3.05) is 7.11 Å². The molecule has 19 heavy (non-hydrogen) atoms. The van der Waals surface area contributed by atoms with Gasteiger partial charge in [0.05, 0.1) is 19.6 Å².